The lowest BCUT2D eigenvalue weighted by Gasteiger charge is -2.40. The number of fused-ring (bicyclic) bond motifs is 1. The third-order valence-electron chi connectivity index (χ3n) is 7.78. The maximum Gasteiger partial charge on any atom is 0.392 e. The standard InChI is InChI=1S/C24H33F3N6O.C2H6/c1-15-13-33-21(29-22(15)31-11-9-16(28)14-31)12-19(30-33)20-8-4-5-10-32(20)23(34)17-6-2-3-7-18(17)24(25,26)27;1-2/h12-13,16-18,20H,2-11,14,28H2,1H3;1-2H3. The van der Waals surface area contributed by atoms with Gasteiger partial charge in [0, 0.05) is 49.4 Å². The Morgan fingerprint density at radius 2 is 1.78 bits per heavy atom. The van der Waals surface area contributed by atoms with Gasteiger partial charge < -0.3 is 15.5 Å². The Morgan fingerprint density at radius 3 is 2.47 bits per heavy atom. The van der Waals surface area contributed by atoms with Crippen molar-refractivity contribution in [3.63, 3.8) is 0 Å². The molecule has 0 aromatic carbocycles. The molecule has 2 N–H and O–H groups in total. The van der Waals surface area contributed by atoms with Crippen molar-refractivity contribution in [2.75, 3.05) is 24.5 Å². The number of nitrogens with two attached hydrogens (primary N) is 1. The minimum atomic E-state index is -4.34. The van der Waals surface area contributed by atoms with Gasteiger partial charge in [-0.25, -0.2) is 9.50 Å². The van der Waals surface area contributed by atoms with E-state index >= 15 is 0 Å². The molecule has 200 valence electrons. The fraction of sp³-hybridized carbons (Fsp3) is 0.731. The molecule has 2 saturated heterocycles. The lowest BCUT2D eigenvalue weighted by atomic mass is 9.77. The molecule has 5 rings (SSSR count). The van der Waals surface area contributed by atoms with Crippen LogP contribution < -0.4 is 10.6 Å². The summed E-state index contributed by atoms with van der Waals surface area (Å²) in [5.74, 6) is -2.01. The topological polar surface area (TPSA) is 79.8 Å². The number of hydrogen-bond donors (Lipinski definition) is 1. The number of piperidine rings is 1. The number of aryl methyl sites for hydroxylation is 1. The van der Waals surface area contributed by atoms with E-state index in [2.05, 4.69) is 4.90 Å². The van der Waals surface area contributed by atoms with Gasteiger partial charge in [-0.1, -0.05) is 26.7 Å². The van der Waals surface area contributed by atoms with Crippen LogP contribution in [-0.2, 0) is 4.79 Å². The maximum absolute atomic E-state index is 13.7. The molecule has 0 spiro atoms. The molecule has 3 aliphatic rings. The molecule has 2 aromatic rings. The molecule has 1 aliphatic carbocycles. The average molecular weight is 509 g/mol. The van der Waals surface area contributed by atoms with Crippen LogP contribution in [0.1, 0.15) is 82.5 Å². The zero-order valence-corrected chi connectivity index (χ0v) is 21.6. The summed E-state index contributed by atoms with van der Waals surface area (Å²) in [7, 11) is 0. The van der Waals surface area contributed by atoms with Crippen molar-refractivity contribution in [3.05, 3.63) is 23.5 Å². The molecule has 1 amide bonds. The summed E-state index contributed by atoms with van der Waals surface area (Å²) in [6, 6.07) is 1.71. The normalized spacial score (nSPS) is 27.2. The van der Waals surface area contributed by atoms with Gasteiger partial charge in [0.1, 0.15) is 5.82 Å². The third kappa shape index (κ3) is 5.33. The number of hydrogen-bond acceptors (Lipinski definition) is 5. The second kappa shape index (κ2) is 10.9. The number of aromatic nitrogens is 3. The SMILES string of the molecule is CC.Cc1cn2nc(C3CCCCN3C(=O)C3CCCCC3C(F)(F)F)cc2nc1N1CCC(N)C1. The van der Waals surface area contributed by atoms with E-state index in [-0.39, 0.29) is 24.4 Å². The Balaban J connectivity index is 0.00000148. The van der Waals surface area contributed by atoms with Crippen LogP contribution in [0, 0.1) is 18.8 Å². The lowest BCUT2D eigenvalue weighted by Crippen LogP contribution is -2.47. The smallest absolute Gasteiger partial charge is 0.355 e. The van der Waals surface area contributed by atoms with Gasteiger partial charge in [-0.3, -0.25) is 4.79 Å². The number of nitrogens with zero attached hydrogens (tertiary/aromatic N) is 5. The first-order valence-corrected chi connectivity index (χ1v) is 13.5. The molecule has 10 heteroatoms. The number of carbonyl (C=O) groups excluding carboxylic acids is 1. The first-order chi connectivity index (χ1) is 17.2. The van der Waals surface area contributed by atoms with Gasteiger partial charge in [0.15, 0.2) is 5.65 Å². The zero-order chi connectivity index (χ0) is 26.0. The first-order valence-electron chi connectivity index (χ1n) is 13.5. The molecular formula is C26H39F3N6O. The number of amides is 1. The van der Waals surface area contributed by atoms with Crippen LogP contribution >= 0.6 is 0 Å². The highest BCUT2D eigenvalue weighted by Gasteiger charge is 2.49. The number of alkyl halides is 3. The van der Waals surface area contributed by atoms with Crippen molar-refractivity contribution < 1.29 is 18.0 Å². The van der Waals surface area contributed by atoms with Gasteiger partial charge in [-0.15, -0.1) is 0 Å². The van der Waals surface area contributed by atoms with Crippen LogP contribution in [0.15, 0.2) is 12.3 Å². The van der Waals surface area contributed by atoms with Crippen LogP contribution in [-0.4, -0.2) is 57.3 Å². The molecule has 4 unspecified atom stereocenters. The molecule has 0 bridgehead atoms. The summed E-state index contributed by atoms with van der Waals surface area (Å²) in [4.78, 5) is 22.2. The summed E-state index contributed by atoms with van der Waals surface area (Å²) < 4.78 is 42.8. The summed E-state index contributed by atoms with van der Waals surface area (Å²) >= 11 is 0. The predicted octanol–water partition coefficient (Wildman–Crippen LogP) is 5.02. The molecule has 0 radical (unpaired) electrons. The molecule has 3 fully saturated rings. The maximum atomic E-state index is 13.7. The van der Waals surface area contributed by atoms with Crippen molar-refractivity contribution in [2.45, 2.75) is 90.4 Å². The highest BCUT2D eigenvalue weighted by Crippen LogP contribution is 2.44. The Bertz CT molecular complexity index is 1050. The summed E-state index contributed by atoms with van der Waals surface area (Å²) in [5.41, 5.74) is 8.45. The minimum absolute atomic E-state index is 0.0406. The highest BCUT2D eigenvalue weighted by molar-refractivity contribution is 5.80. The van der Waals surface area contributed by atoms with Crippen molar-refractivity contribution in [2.24, 2.45) is 17.6 Å². The van der Waals surface area contributed by atoms with Crippen LogP contribution in [0.25, 0.3) is 5.65 Å². The Kier molecular flexibility index (Phi) is 8.12. The van der Waals surface area contributed by atoms with Crippen molar-refractivity contribution in [1.29, 1.82) is 0 Å². The number of anilines is 1. The zero-order valence-electron chi connectivity index (χ0n) is 21.6. The fourth-order valence-electron chi connectivity index (χ4n) is 6.02. The van der Waals surface area contributed by atoms with E-state index < -0.39 is 18.0 Å². The molecule has 4 heterocycles. The molecular weight excluding hydrogens is 469 g/mol. The van der Waals surface area contributed by atoms with Crippen LogP contribution in [0.4, 0.5) is 19.0 Å². The number of rotatable bonds is 3. The first kappa shape index (κ1) is 26.7. The van der Waals surface area contributed by atoms with Gasteiger partial charge in [0.2, 0.25) is 5.91 Å². The van der Waals surface area contributed by atoms with Gasteiger partial charge in [-0.2, -0.15) is 18.3 Å². The largest absolute Gasteiger partial charge is 0.392 e. The van der Waals surface area contributed by atoms with E-state index in [4.69, 9.17) is 15.8 Å². The Morgan fingerprint density at radius 1 is 1.06 bits per heavy atom. The Hall–Kier alpha value is -2.36. The van der Waals surface area contributed by atoms with Gasteiger partial charge in [0.25, 0.3) is 0 Å². The predicted molar refractivity (Wildman–Crippen MR) is 134 cm³/mol. The van der Waals surface area contributed by atoms with Crippen LogP contribution in [0.5, 0.6) is 0 Å². The van der Waals surface area contributed by atoms with E-state index in [1.807, 2.05) is 33.0 Å². The summed E-state index contributed by atoms with van der Waals surface area (Å²) in [5, 5.41) is 4.72. The van der Waals surface area contributed by atoms with E-state index in [1.54, 1.807) is 9.42 Å². The van der Waals surface area contributed by atoms with Crippen LogP contribution in [0.2, 0.25) is 0 Å². The minimum Gasteiger partial charge on any atom is -0.355 e. The quantitative estimate of drug-likeness (QED) is 0.630. The molecule has 2 aromatic heterocycles. The third-order valence-corrected chi connectivity index (χ3v) is 7.78. The van der Waals surface area contributed by atoms with E-state index in [0.29, 0.717) is 43.6 Å². The summed E-state index contributed by atoms with van der Waals surface area (Å²) in [6.07, 6.45) is 2.47. The van der Waals surface area contributed by atoms with Crippen molar-refractivity contribution in [3.8, 4) is 0 Å². The van der Waals surface area contributed by atoms with Crippen molar-refractivity contribution >= 4 is 17.4 Å². The number of likely N-dealkylation sites (tertiary alicyclic amines) is 1. The van der Waals surface area contributed by atoms with E-state index in [0.717, 1.165) is 43.7 Å². The van der Waals surface area contributed by atoms with Gasteiger partial charge in [-0.05, 0) is 45.4 Å². The lowest BCUT2D eigenvalue weighted by molar-refractivity contribution is -0.201. The monoisotopic (exact) mass is 508 g/mol. The van der Waals surface area contributed by atoms with Gasteiger partial charge in [0.05, 0.1) is 17.7 Å². The fourth-order valence-corrected chi connectivity index (χ4v) is 6.02. The second-order valence-corrected chi connectivity index (χ2v) is 10.2. The summed E-state index contributed by atoms with van der Waals surface area (Å²) in [6.45, 7) is 8.09. The average Bonchev–Trinajstić information content (AvgIpc) is 3.49. The molecule has 1 saturated carbocycles. The van der Waals surface area contributed by atoms with Crippen molar-refractivity contribution in [1.82, 2.24) is 19.5 Å². The number of halogens is 3. The van der Waals surface area contributed by atoms with Gasteiger partial charge >= 0.3 is 6.18 Å². The highest BCUT2D eigenvalue weighted by atomic mass is 19.4. The molecule has 36 heavy (non-hydrogen) atoms. The van der Waals surface area contributed by atoms with Crippen LogP contribution in [0.3, 0.4) is 0 Å². The number of carbonyl (C=O) groups is 1. The molecule has 2 aliphatic heterocycles. The molecule has 4 atom stereocenters. The second-order valence-electron chi connectivity index (χ2n) is 10.2. The Labute approximate surface area is 211 Å². The van der Waals surface area contributed by atoms with E-state index in [1.165, 1.54) is 0 Å². The molecule has 7 nitrogen and oxygen atoms in total. The van der Waals surface area contributed by atoms with E-state index in [9.17, 15) is 18.0 Å².